The molecule has 0 spiro atoms. The smallest absolute Gasteiger partial charge is 0.358 e. The molecule has 0 radical (unpaired) electrons. The van der Waals surface area contributed by atoms with Crippen LogP contribution in [0.3, 0.4) is 0 Å². The molecule has 1 rings (SSSR count). The molecule has 0 fully saturated rings. The molecule has 15 heavy (non-hydrogen) atoms. The van der Waals surface area contributed by atoms with Crippen molar-refractivity contribution in [2.24, 2.45) is 0 Å². The molecule has 9 heteroatoms. The highest BCUT2D eigenvalue weighted by Gasteiger charge is 2.16. The van der Waals surface area contributed by atoms with E-state index in [1.165, 1.54) is 0 Å². The van der Waals surface area contributed by atoms with Crippen LogP contribution in [0.25, 0.3) is 0 Å². The Kier molecular flexibility index (Phi) is 3.10. The van der Waals surface area contributed by atoms with Gasteiger partial charge in [0.15, 0.2) is 5.75 Å². The molecular weight excluding hydrogens is 253 g/mol. The summed E-state index contributed by atoms with van der Waals surface area (Å²) in [6.45, 7) is 0. The van der Waals surface area contributed by atoms with Crippen molar-refractivity contribution in [1.82, 2.24) is 0 Å². The fourth-order valence-corrected chi connectivity index (χ4v) is 1.32. The molecule has 0 aliphatic heterocycles. The summed E-state index contributed by atoms with van der Waals surface area (Å²) in [5.41, 5.74) is -0.571. The molecule has 82 valence electrons. The van der Waals surface area contributed by atoms with E-state index in [4.69, 9.17) is 11.6 Å². The minimum atomic E-state index is -5.20. The molecule has 0 saturated carbocycles. The van der Waals surface area contributed by atoms with Crippen LogP contribution in [-0.4, -0.2) is 13.3 Å². The SMILES string of the molecule is O=[N+]([O-])c1cc(OS(=O)(=O)F)ccc1Cl. The summed E-state index contributed by atoms with van der Waals surface area (Å²) >= 11 is 5.42. The Morgan fingerprint density at radius 3 is 2.53 bits per heavy atom. The fraction of sp³-hybridized carbons (Fsp3) is 0. The summed E-state index contributed by atoms with van der Waals surface area (Å²) in [6.07, 6.45) is 0. The van der Waals surface area contributed by atoms with Gasteiger partial charge in [-0.2, -0.15) is 8.42 Å². The summed E-state index contributed by atoms with van der Waals surface area (Å²) in [4.78, 5) is 9.51. The van der Waals surface area contributed by atoms with Gasteiger partial charge in [-0.3, -0.25) is 10.1 Å². The van der Waals surface area contributed by atoms with Gasteiger partial charge in [-0.15, -0.1) is 0 Å². The Balaban J connectivity index is 3.14. The molecule has 0 amide bonds. The van der Waals surface area contributed by atoms with Gasteiger partial charge in [-0.05, 0) is 12.1 Å². The average Bonchev–Trinajstić information content (AvgIpc) is 2.05. The Hall–Kier alpha value is -1.41. The quantitative estimate of drug-likeness (QED) is 0.467. The van der Waals surface area contributed by atoms with Crippen LogP contribution in [-0.2, 0) is 10.5 Å². The predicted molar refractivity (Wildman–Crippen MR) is 48.8 cm³/mol. The minimum Gasteiger partial charge on any atom is -0.358 e. The van der Waals surface area contributed by atoms with E-state index < -0.39 is 26.9 Å². The van der Waals surface area contributed by atoms with E-state index in [0.717, 1.165) is 12.1 Å². The number of rotatable bonds is 3. The van der Waals surface area contributed by atoms with Gasteiger partial charge in [0.1, 0.15) is 5.02 Å². The predicted octanol–water partition coefficient (Wildman–Crippen LogP) is 1.84. The molecule has 0 atom stereocenters. The number of benzene rings is 1. The van der Waals surface area contributed by atoms with E-state index in [0.29, 0.717) is 6.07 Å². The summed E-state index contributed by atoms with van der Waals surface area (Å²) in [7, 11) is -5.20. The Labute approximate surface area is 88.8 Å². The number of halogens is 2. The molecule has 1 aromatic rings. The van der Waals surface area contributed by atoms with E-state index >= 15 is 0 Å². The minimum absolute atomic E-state index is 0.205. The molecule has 0 heterocycles. The molecule has 0 saturated heterocycles. The number of nitrogens with zero attached hydrogens (tertiary/aromatic N) is 1. The number of hydrogen-bond acceptors (Lipinski definition) is 5. The maximum absolute atomic E-state index is 12.1. The van der Waals surface area contributed by atoms with Gasteiger partial charge in [0.2, 0.25) is 0 Å². The van der Waals surface area contributed by atoms with Crippen LogP contribution in [0.1, 0.15) is 0 Å². The largest absolute Gasteiger partial charge is 0.488 e. The summed E-state index contributed by atoms with van der Waals surface area (Å²) in [5.74, 6) is -0.520. The molecule has 1 aromatic carbocycles. The van der Waals surface area contributed by atoms with Crippen molar-refractivity contribution in [2.45, 2.75) is 0 Å². The lowest BCUT2D eigenvalue weighted by atomic mass is 10.3. The van der Waals surface area contributed by atoms with Crippen LogP contribution >= 0.6 is 11.6 Å². The van der Waals surface area contributed by atoms with Crippen LogP contribution in [0.15, 0.2) is 18.2 Å². The Morgan fingerprint density at radius 1 is 1.47 bits per heavy atom. The second-order valence-electron chi connectivity index (χ2n) is 2.35. The molecule has 6 nitrogen and oxygen atoms in total. The van der Waals surface area contributed by atoms with Crippen molar-refractivity contribution in [3.8, 4) is 5.75 Å². The lowest BCUT2D eigenvalue weighted by molar-refractivity contribution is -0.384. The van der Waals surface area contributed by atoms with Crippen molar-refractivity contribution in [2.75, 3.05) is 0 Å². The monoisotopic (exact) mass is 255 g/mol. The number of nitro benzene ring substituents is 1. The van der Waals surface area contributed by atoms with Crippen molar-refractivity contribution in [1.29, 1.82) is 0 Å². The van der Waals surface area contributed by atoms with E-state index in [-0.39, 0.29) is 5.02 Å². The van der Waals surface area contributed by atoms with Crippen molar-refractivity contribution in [3.05, 3.63) is 33.3 Å². The molecule has 0 bridgehead atoms. The summed E-state index contributed by atoms with van der Waals surface area (Å²) < 4.78 is 36.0. The molecule has 0 N–H and O–H groups in total. The van der Waals surface area contributed by atoms with Gasteiger partial charge >= 0.3 is 10.5 Å². The van der Waals surface area contributed by atoms with Crippen LogP contribution < -0.4 is 4.18 Å². The van der Waals surface area contributed by atoms with E-state index in [1.54, 1.807) is 0 Å². The van der Waals surface area contributed by atoms with Gasteiger partial charge in [0.25, 0.3) is 5.69 Å². The second kappa shape index (κ2) is 3.99. The highest BCUT2D eigenvalue weighted by molar-refractivity contribution is 7.81. The maximum Gasteiger partial charge on any atom is 0.488 e. The zero-order valence-corrected chi connectivity index (χ0v) is 8.46. The third-order valence-electron chi connectivity index (χ3n) is 1.31. The van der Waals surface area contributed by atoms with E-state index in [1.807, 2.05) is 0 Å². The molecule has 0 aliphatic rings. The van der Waals surface area contributed by atoms with Crippen molar-refractivity contribution >= 4 is 27.8 Å². The topological polar surface area (TPSA) is 86.5 Å². The number of hydrogen-bond donors (Lipinski definition) is 0. The van der Waals surface area contributed by atoms with Crippen LogP contribution in [0.4, 0.5) is 9.57 Å². The number of nitro groups is 1. The first-order valence-electron chi connectivity index (χ1n) is 3.37. The lowest BCUT2D eigenvalue weighted by Crippen LogP contribution is -2.01. The van der Waals surface area contributed by atoms with Gasteiger partial charge < -0.3 is 4.18 Å². The Bertz CT molecular complexity index is 502. The lowest BCUT2D eigenvalue weighted by Gasteiger charge is -2.00. The maximum atomic E-state index is 12.1. The van der Waals surface area contributed by atoms with Crippen LogP contribution in [0.2, 0.25) is 5.02 Å². The van der Waals surface area contributed by atoms with Gasteiger partial charge in [-0.25, -0.2) is 0 Å². The molecule has 0 aromatic heterocycles. The normalized spacial score (nSPS) is 11.1. The van der Waals surface area contributed by atoms with Crippen LogP contribution in [0, 0.1) is 10.1 Å². The molecule has 0 aliphatic carbocycles. The molecule has 0 unspecified atom stereocenters. The van der Waals surface area contributed by atoms with E-state index in [2.05, 4.69) is 4.18 Å². The highest BCUT2D eigenvalue weighted by Crippen LogP contribution is 2.29. The standard InChI is InChI=1S/C6H3ClFNO5S/c7-5-2-1-4(14-15(8,12)13)3-6(5)9(10)11/h1-3H. The second-order valence-corrected chi connectivity index (χ2v) is 3.71. The van der Waals surface area contributed by atoms with E-state index in [9.17, 15) is 22.4 Å². The Morgan fingerprint density at radius 2 is 2.07 bits per heavy atom. The third kappa shape index (κ3) is 3.33. The molecular formula is C6H3ClFNO5S. The summed E-state index contributed by atoms with van der Waals surface area (Å²) in [6, 6.07) is 2.73. The van der Waals surface area contributed by atoms with Crippen LogP contribution in [0.5, 0.6) is 5.75 Å². The first kappa shape index (κ1) is 11.7. The van der Waals surface area contributed by atoms with Gasteiger partial charge in [0.05, 0.1) is 11.0 Å². The zero-order chi connectivity index (χ0) is 11.6. The highest BCUT2D eigenvalue weighted by atomic mass is 35.5. The van der Waals surface area contributed by atoms with Gasteiger partial charge in [0, 0.05) is 0 Å². The third-order valence-corrected chi connectivity index (χ3v) is 2.02. The van der Waals surface area contributed by atoms with Crippen molar-refractivity contribution in [3.63, 3.8) is 0 Å². The zero-order valence-electron chi connectivity index (χ0n) is 6.88. The summed E-state index contributed by atoms with van der Waals surface area (Å²) in [5, 5.41) is 10.2. The van der Waals surface area contributed by atoms with Crippen molar-refractivity contribution < 1.29 is 21.4 Å². The average molecular weight is 256 g/mol. The fourth-order valence-electron chi connectivity index (χ4n) is 0.799. The first-order chi connectivity index (χ1) is 6.79. The first-order valence-corrected chi connectivity index (χ1v) is 5.06. The van der Waals surface area contributed by atoms with Gasteiger partial charge in [-0.1, -0.05) is 15.5 Å².